The first-order chi connectivity index (χ1) is 10.2. The second-order valence-electron chi connectivity index (χ2n) is 4.16. The minimum atomic E-state index is -0.940. The molecule has 0 bridgehead atoms. The third-order valence-corrected chi connectivity index (χ3v) is 4.27. The van der Waals surface area contributed by atoms with Gasteiger partial charge in [0.2, 0.25) is 5.75 Å². The van der Waals surface area contributed by atoms with E-state index in [9.17, 15) is 30.1 Å². The summed E-state index contributed by atoms with van der Waals surface area (Å²) >= 11 is 5.86. The Morgan fingerprint density at radius 2 is 1.95 bits per heavy atom. The van der Waals surface area contributed by atoms with Crippen molar-refractivity contribution in [2.75, 3.05) is 7.05 Å². The molecule has 0 radical (unpaired) electrons. The third kappa shape index (κ3) is 2.76. The van der Waals surface area contributed by atoms with Crippen molar-refractivity contribution in [2.45, 2.75) is 0 Å². The van der Waals surface area contributed by atoms with Crippen LogP contribution in [0.1, 0.15) is 5.56 Å². The SMILES string of the molecule is CN1C(=O)/C(=C/c2cc([N+](=O)[O-])cc([N+](=O)[O-])c2O)SC1=S. The zero-order valence-electron chi connectivity index (χ0n) is 10.9. The van der Waals surface area contributed by atoms with Crippen LogP contribution in [0.5, 0.6) is 5.75 Å². The number of nitrogens with zero attached hydrogens (tertiary/aromatic N) is 3. The maximum Gasteiger partial charge on any atom is 0.318 e. The van der Waals surface area contributed by atoms with E-state index in [-0.39, 0.29) is 14.8 Å². The first-order valence-corrected chi connectivity index (χ1v) is 6.82. The van der Waals surface area contributed by atoms with Crippen molar-refractivity contribution in [3.8, 4) is 5.75 Å². The van der Waals surface area contributed by atoms with Gasteiger partial charge < -0.3 is 5.11 Å². The number of nitro groups is 2. The Morgan fingerprint density at radius 3 is 2.41 bits per heavy atom. The lowest BCUT2D eigenvalue weighted by atomic mass is 10.1. The summed E-state index contributed by atoms with van der Waals surface area (Å²) in [5.41, 5.74) is -1.58. The predicted octanol–water partition coefficient (Wildman–Crippen LogP) is 2.04. The predicted molar refractivity (Wildman–Crippen MR) is 82.4 cm³/mol. The number of hydrogen-bond donors (Lipinski definition) is 1. The first kappa shape index (κ1) is 15.9. The molecule has 114 valence electrons. The van der Waals surface area contributed by atoms with Gasteiger partial charge in [-0.1, -0.05) is 24.0 Å². The summed E-state index contributed by atoms with van der Waals surface area (Å²) in [5.74, 6) is -1.21. The van der Waals surface area contributed by atoms with Crippen molar-refractivity contribution < 1.29 is 19.7 Å². The number of benzene rings is 1. The molecule has 0 unspecified atom stereocenters. The Kier molecular flexibility index (Phi) is 4.10. The molecule has 1 aromatic carbocycles. The highest BCUT2D eigenvalue weighted by molar-refractivity contribution is 8.26. The van der Waals surface area contributed by atoms with Crippen LogP contribution in [-0.4, -0.2) is 37.1 Å². The summed E-state index contributed by atoms with van der Waals surface area (Å²) in [6.45, 7) is 0. The van der Waals surface area contributed by atoms with E-state index >= 15 is 0 Å². The van der Waals surface area contributed by atoms with Gasteiger partial charge in [-0.15, -0.1) is 0 Å². The third-order valence-electron chi connectivity index (χ3n) is 2.78. The minimum absolute atomic E-state index is 0.109. The number of carbonyl (C=O) groups is 1. The van der Waals surface area contributed by atoms with Gasteiger partial charge in [0.15, 0.2) is 0 Å². The summed E-state index contributed by atoms with van der Waals surface area (Å²) in [7, 11) is 1.45. The average molecular weight is 341 g/mol. The molecule has 1 aliphatic heterocycles. The monoisotopic (exact) mass is 341 g/mol. The van der Waals surface area contributed by atoms with Crippen LogP contribution in [0.3, 0.4) is 0 Å². The summed E-state index contributed by atoms with van der Waals surface area (Å²) in [5, 5.41) is 31.5. The lowest BCUT2D eigenvalue weighted by Gasteiger charge is -2.04. The van der Waals surface area contributed by atoms with Crippen LogP contribution in [0.2, 0.25) is 0 Å². The van der Waals surface area contributed by atoms with E-state index in [1.807, 2.05) is 0 Å². The van der Waals surface area contributed by atoms with E-state index in [4.69, 9.17) is 12.2 Å². The number of carbonyl (C=O) groups excluding carboxylic acids is 1. The number of rotatable bonds is 3. The number of amides is 1. The second kappa shape index (κ2) is 5.69. The quantitative estimate of drug-likeness (QED) is 0.383. The van der Waals surface area contributed by atoms with E-state index in [2.05, 4.69) is 0 Å². The number of phenols is 1. The Balaban J connectivity index is 2.60. The first-order valence-electron chi connectivity index (χ1n) is 5.59. The molecule has 1 fully saturated rings. The number of thioether (sulfide) groups is 1. The fourth-order valence-electron chi connectivity index (χ4n) is 1.67. The van der Waals surface area contributed by atoms with Crippen LogP contribution >= 0.6 is 24.0 Å². The molecule has 1 aliphatic rings. The molecular formula is C11H7N3O6S2. The largest absolute Gasteiger partial charge is 0.502 e. The molecule has 0 aromatic heterocycles. The highest BCUT2D eigenvalue weighted by atomic mass is 32.2. The van der Waals surface area contributed by atoms with Crippen LogP contribution in [0.4, 0.5) is 11.4 Å². The summed E-state index contributed by atoms with van der Waals surface area (Å²) in [6.07, 6.45) is 1.14. The lowest BCUT2D eigenvalue weighted by Crippen LogP contribution is -2.22. The Labute approximate surface area is 132 Å². The molecule has 1 aromatic rings. The summed E-state index contributed by atoms with van der Waals surface area (Å²) in [4.78, 5) is 33.1. The fraction of sp³-hybridized carbons (Fsp3) is 0.0909. The average Bonchev–Trinajstić information content (AvgIpc) is 2.68. The molecule has 2 rings (SSSR count). The molecule has 1 amide bonds. The Bertz CT molecular complexity index is 760. The van der Waals surface area contributed by atoms with Crippen molar-refractivity contribution in [1.29, 1.82) is 0 Å². The standard InChI is InChI=1S/C11H7N3O6S2/c1-12-10(16)8(22-11(12)21)3-5-2-6(13(17)18)4-7(9(5)15)14(19)20/h2-4,15H,1H3/b8-3-. The summed E-state index contributed by atoms with van der Waals surface area (Å²) < 4.78 is 0.274. The van der Waals surface area contributed by atoms with E-state index in [1.165, 1.54) is 11.9 Å². The number of thiocarbonyl (C=S) groups is 1. The fourth-order valence-corrected chi connectivity index (χ4v) is 2.84. The van der Waals surface area contributed by atoms with Gasteiger partial charge in [0.1, 0.15) is 4.32 Å². The number of non-ortho nitro benzene ring substituents is 1. The van der Waals surface area contributed by atoms with Crippen LogP contribution in [0.25, 0.3) is 6.08 Å². The highest BCUT2D eigenvalue weighted by Crippen LogP contribution is 2.38. The molecule has 0 spiro atoms. The van der Waals surface area contributed by atoms with Gasteiger partial charge in [-0.2, -0.15) is 0 Å². The van der Waals surface area contributed by atoms with E-state index in [0.29, 0.717) is 6.07 Å². The Morgan fingerprint density at radius 1 is 1.32 bits per heavy atom. The maximum atomic E-state index is 11.9. The van der Waals surface area contributed by atoms with E-state index < -0.39 is 32.9 Å². The van der Waals surface area contributed by atoms with Crippen LogP contribution in [0, 0.1) is 20.2 Å². The maximum absolute atomic E-state index is 11.9. The number of likely N-dealkylation sites (N-methyl/N-ethyl adjacent to an activating group) is 1. The molecule has 0 saturated carbocycles. The molecular weight excluding hydrogens is 334 g/mol. The zero-order chi connectivity index (χ0) is 16.6. The van der Waals surface area contributed by atoms with Crippen LogP contribution in [0.15, 0.2) is 17.0 Å². The molecule has 11 heteroatoms. The second-order valence-corrected chi connectivity index (χ2v) is 5.83. The molecule has 1 N–H and O–H groups in total. The van der Waals surface area contributed by atoms with Gasteiger partial charge in [-0.3, -0.25) is 29.9 Å². The van der Waals surface area contributed by atoms with Crippen molar-refractivity contribution in [1.82, 2.24) is 4.90 Å². The molecule has 0 atom stereocenters. The number of phenolic OH excluding ortho intramolecular Hbond substituents is 1. The van der Waals surface area contributed by atoms with Gasteiger partial charge in [0, 0.05) is 18.7 Å². The van der Waals surface area contributed by atoms with Gasteiger partial charge in [0.25, 0.3) is 11.6 Å². The summed E-state index contributed by atoms with van der Waals surface area (Å²) in [6, 6.07) is 1.60. The van der Waals surface area contributed by atoms with Gasteiger partial charge in [-0.25, -0.2) is 0 Å². The Hall–Kier alpha value is -2.53. The molecule has 0 aliphatic carbocycles. The number of aromatic hydroxyl groups is 1. The van der Waals surface area contributed by atoms with Gasteiger partial charge >= 0.3 is 5.69 Å². The lowest BCUT2D eigenvalue weighted by molar-refractivity contribution is -0.394. The van der Waals surface area contributed by atoms with Crippen LogP contribution in [-0.2, 0) is 4.79 Å². The molecule has 22 heavy (non-hydrogen) atoms. The van der Waals surface area contributed by atoms with E-state index in [0.717, 1.165) is 23.9 Å². The number of hydrogen-bond acceptors (Lipinski definition) is 8. The van der Waals surface area contributed by atoms with Crippen LogP contribution < -0.4 is 0 Å². The van der Waals surface area contributed by atoms with Crippen molar-refractivity contribution in [3.05, 3.63) is 42.8 Å². The van der Waals surface area contributed by atoms with Crippen molar-refractivity contribution in [3.63, 3.8) is 0 Å². The topological polar surface area (TPSA) is 127 Å². The molecule has 1 saturated heterocycles. The molecule has 9 nitrogen and oxygen atoms in total. The van der Waals surface area contributed by atoms with Crippen molar-refractivity contribution >= 4 is 51.7 Å². The smallest absolute Gasteiger partial charge is 0.318 e. The normalized spacial score (nSPS) is 16.4. The van der Waals surface area contributed by atoms with Gasteiger partial charge in [-0.05, 0) is 6.08 Å². The minimum Gasteiger partial charge on any atom is -0.502 e. The van der Waals surface area contributed by atoms with Gasteiger partial charge in [0.05, 0.1) is 20.8 Å². The zero-order valence-corrected chi connectivity index (χ0v) is 12.5. The van der Waals surface area contributed by atoms with E-state index in [1.54, 1.807) is 0 Å². The highest BCUT2D eigenvalue weighted by Gasteiger charge is 2.30. The van der Waals surface area contributed by atoms with Crippen molar-refractivity contribution in [2.24, 2.45) is 0 Å². The molecule has 1 heterocycles. The number of nitro benzene ring substituents is 2.